The molecule has 2 N–H and O–H groups in total. The predicted octanol–water partition coefficient (Wildman–Crippen LogP) is 7.41. The number of nitrogens with one attached hydrogen (secondary N) is 2. The van der Waals surface area contributed by atoms with E-state index >= 15 is 0 Å². The number of hydrogen-bond acceptors (Lipinski definition) is 4. The topological polar surface area (TPSA) is 73.1 Å². The molecule has 43 heavy (non-hydrogen) atoms. The number of carbonyl (C=O) groups is 1. The Bertz CT molecular complexity index is 1750. The highest BCUT2D eigenvalue weighted by atomic mass is 35.5. The number of para-hydroxylation sites is 2. The van der Waals surface area contributed by atoms with Crippen molar-refractivity contribution in [3.05, 3.63) is 100 Å². The monoisotopic (exact) mass is 595 g/mol. The smallest absolute Gasteiger partial charge is 0.207 e. The molecule has 2 aromatic heterocycles. The Labute approximate surface area is 258 Å². The molecule has 0 unspecified atom stereocenters. The van der Waals surface area contributed by atoms with Crippen LogP contribution < -0.4 is 15.4 Å². The second kappa shape index (κ2) is 13.7. The molecule has 0 aliphatic rings. The Hall–Kier alpha value is -4.49. The highest BCUT2D eigenvalue weighted by Gasteiger charge is 2.22. The maximum absolute atomic E-state index is 11.0. The van der Waals surface area contributed by atoms with Crippen LogP contribution in [0.3, 0.4) is 0 Å². The molecule has 8 heteroatoms. The summed E-state index contributed by atoms with van der Waals surface area (Å²) in [6.07, 6.45) is 6.79. The van der Waals surface area contributed by atoms with Crippen molar-refractivity contribution in [1.29, 1.82) is 0 Å². The first kappa shape index (κ1) is 30.0. The van der Waals surface area contributed by atoms with E-state index in [0.29, 0.717) is 24.7 Å². The zero-order chi connectivity index (χ0) is 30.3. The van der Waals surface area contributed by atoms with E-state index in [0.717, 1.165) is 69.9 Å². The molecule has 0 aliphatic heterocycles. The number of allylic oxidation sites excluding steroid dienone is 1. The van der Waals surface area contributed by atoms with Gasteiger partial charge in [-0.25, -0.2) is 0 Å². The Morgan fingerprint density at radius 1 is 0.977 bits per heavy atom. The molecule has 222 valence electrons. The van der Waals surface area contributed by atoms with E-state index in [1.165, 1.54) is 10.9 Å². The van der Waals surface area contributed by atoms with Gasteiger partial charge in [-0.05, 0) is 62.6 Å². The largest absolute Gasteiger partial charge is 0.494 e. The molecule has 0 bridgehead atoms. The van der Waals surface area contributed by atoms with Gasteiger partial charge in [0.1, 0.15) is 5.75 Å². The summed E-state index contributed by atoms with van der Waals surface area (Å²) >= 11 is 6.98. The van der Waals surface area contributed by atoms with Gasteiger partial charge in [0.2, 0.25) is 6.41 Å². The van der Waals surface area contributed by atoms with Crippen molar-refractivity contribution in [2.45, 2.75) is 26.7 Å². The van der Waals surface area contributed by atoms with Crippen LogP contribution in [0.1, 0.15) is 35.4 Å². The first-order valence-electron chi connectivity index (χ1n) is 14.6. The molecular weight excluding hydrogens is 558 g/mol. The Morgan fingerprint density at radius 2 is 1.74 bits per heavy atom. The minimum absolute atomic E-state index is 0.479. The van der Waals surface area contributed by atoms with Crippen molar-refractivity contribution < 1.29 is 9.53 Å². The third-order valence-corrected chi connectivity index (χ3v) is 8.09. The van der Waals surface area contributed by atoms with Crippen LogP contribution in [0.25, 0.3) is 33.7 Å². The van der Waals surface area contributed by atoms with Gasteiger partial charge in [0.25, 0.3) is 0 Å². The lowest BCUT2D eigenvalue weighted by molar-refractivity contribution is -0.109. The molecule has 3 aromatic carbocycles. The number of nitrogens with zero attached hydrogens (tertiary/aromatic N) is 3. The summed E-state index contributed by atoms with van der Waals surface area (Å²) < 4.78 is 10.1. The number of hydrogen-bond donors (Lipinski definition) is 2. The average molecular weight is 596 g/mol. The number of aromatic nitrogens is 3. The highest BCUT2D eigenvalue weighted by Crippen LogP contribution is 2.44. The second-order valence-corrected chi connectivity index (χ2v) is 11.1. The molecule has 0 spiro atoms. The fourth-order valence-electron chi connectivity index (χ4n) is 5.66. The number of anilines is 1. The lowest BCUT2D eigenvalue weighted by atomic mass is 9.91. The average Bonchev–Trinajstić information content (AvgIpc) is 3.46. The van der Waals surface area contributed by atoms with Gasteiger partial charge in [0.15, 0.2) is 0 Å². The van der Waals surface area contributed by atoms with Gasteiger partial charge in [0, 0.05) is 72.2 Å². The van der Waals surface area contributed by atoms with Crippen molar-refractivity contribution in [2.24, 2.45) is 14.1 Å². The lowest BCUT2D eigenvalue weighted by Gasteiger charge is -2.21. The molecule has 0 radical (unpaired) electrons. The molecule has 0 aliphatic carbocycles. The minimum atomic E-state index is 0.479. The summed E-state index contributed by atoms with van der Waals surface area (Å²) in [5, 5.41) is 12.9. The fourth-order valence-corrected chi connectivity index (χ4v) is 5.91. The lowest BCUT2D eigenvalue weighted by Crippen LogP contribution is -2.21. The van der Waals surface area contributed by atoms with E-state index in [2.05, 4.69) is 76.9 Å². The van der Waals surface area contributed by atoms with Crippen LogP contribution in [0.4, 0.5) is 5.69 Å². The summed E-state index contributed by atoms with van der Waals surface area (Å²) in [6.45, 7) is 5.67. The number of amides is 1. The molecule has 0 saturated carbocycles. The van der Waals surface area contributed by atoms with E-state index in [1.54, 1.807) is 0 Å². The van der Waals surface area contributed by atoms with Crippen LogP contribution in [0, 0.1) is 13.8 Å². The van der Waals surface area contributed by atoms with Crippen LogP contribution in [-0.2, 0) is 18.9 Å². The van der Waals surface area contributed by atoms with E-state index in [9.17, 15) is 4.79 Å². The first-order valence-corrected chi connectivity index (χ1v) is 14.9. The highest BCUT2D eigenvalue weighted by molar-refractivity contribution is 6.34. The van der Waals surface area contributed by atoms with E-state index in [4.69, 9.17) is 16.3 Å². The van der Waals surface area contributed by atoms with Gasteiger partial charge in [-0.3, -0.25) is 9.48 Å². The second-order valence-electron chi connectivity index (χ2n) is 10.7. The van der Waals surface area contributed by atoms with Crippen LogP contribution in [-0.4, -0.2) is 40.5 Å². The van der Waals surface area contributed by atoms with Gasteiger partial charge >= 0.3 is 0 Å². The summed E-state index contributed by atoms with van der Waals surface area (Å²) in [4.78, 5) is 11.0. The molecule has 5 aromatic rings. The summed E-state index contributed by atoms with van der Waals surface area (Å²) in [7, 11) is 4.03. The van der Waals surface area contributed by atoms with Crippen LogP contribution >= 0.6 is 11.6 Å². The van der Waals surface area contributed by atoms with Crippen LogP contribution in [0.5, 0.6) is 5.75 Å². The van der Waals surface area contributed by atoms with E-state index in [1.807, 2.05) is 55.1 Å². The van der Waals surface area contributed by atoms with Crippen molar-refractivity contribution in [3.63, 3.8) is 0 Å². The van der Waals surface area contributed by atoms with Crippen LogP contribution in [0.2, 0.25) is 5.02 Å². The number of ether oxygens (including phenoxy) is 1. The van der Waals surface area contributed by atoms with E-state index < -0.39 is 0 Å². The van der Waals surface area contributed by atoms with Gasteiger partial charge in [-0.1, -0.05) is 54.1 Å². The Kier molecular flexibility index (Phi) is 9.52. The molecule has 2 heterocycles. The number of fused-ring (bicyclic) bond motifs is 1. The Balaban J connectivity index is 1.62. The van der Waals surface area contributed by atoms with Crippen molar-refractivity contribution in [2.75, 3.05) is 25.0 Å². The van der Waals surface area contributed by atoms with E-state index in [-0.39, 0.29) is 0 Å². The normalized spacial score (nSPS) is 11.6. The zero-order valence-corrected chi connectivity index (χ0v) is 25.9. The molecule has 5 rings (SSSR count). The predicted molar refractivity (Wildman–Crippen MR) is 178 cm³/mol. The quantitative estimate of drug-likeness (QED) is 0.110. The molecular formula is C35H38ClN5O2. The van der Waals surface area contributed by atoms with Gasteiger partial charge in [-0.2, -0.15) is 5.10 Å². The number of carbonyl (C=O) groups excluding carboxylic acids is 1. The fraction of sp³-hybridized carbons (Fsp3) is 0.257. The van der Waals surface area contributed by atoms with Gasteiger partial charge in [-0.15, -0.1) is 0 Å². The number of benzene rings is 3. The first-order chi connectivity index (χ1) is 20.9. The molecule has 0 saturated heterocycles. The molecule has 7 nitrogen and oxygen atoms in total. The summed E-state index contributed by atoms with van der Waals surface area (Å²) in [5.74, 6) is 0.864. The molecule has 1 amide bonds. The third-order valence-electron chi connectivity index (χ3n) is 7.77. The maximum Gasteiger partial charge on any atom is 0.207 e. The number of halogens is 1. The minimum Gasteiger partial charge on any atom is -0.494 e. The van der Waals surface area contributed by atoms with Crippen LogP contribution in [0.15, 0.2) is 72.9 Å². The summed E-state index contributed by atoms with van der Waals surface area (Å²) in [6, 6.07) is 22.4. The van der Waals surface area contributed by atoms with Crippen molar-refractivity contribution in [1.82, 2.24) is 19.7 Å². The third kappa shape index (κ3) is 6.62. The zero-order valence-electron chi connectivity index (χ0n) is 25.2. The molecule has 0 atom stereocenters. The standard InChI is InChI=1S/C35H38ClN5O2/c1-24-33(25(2)41(4)39-24)34-31(36)17-16-30(35(34)38-19-18-37-23-42)26(11-10-20-43-28-12-6-5-7-13-28)21-27-22-40(3)32-15-9-8-14-29(27)32/h5-9,12-17,21-23,38H,10-11,18-20H2,1-4H3,(H,37,42)/b26-21+. The Morgan fingerprint density at radius 3 is 2.49 bits per heavy atom. The number of aryl methyl sites for hydroxylation is 3. The SMILES string of the molecule is Cc1nn(C)c(C)c1-c1c(Cl)ccc(/C(=C/c2cn(C)c3ccccc23)CCCOc2ccccc2)c1NCCNC=O. The van der Waals surface area contributed by atoms with Crippen molar-refractivity contribution >= 4 is 46.3 Å². The molecule has 0 fully saturated rings. The van der Waals surface area contributed by atoms with Crippen molar-refractivity contribution in [3.8, 4) is 16.9 Å². The van der Waals surface area contributed by atoms with Gasteiger partial charge in [0.05, 0.1) is 23.0 Å². The summed E-state index contributed by atoms with van der Waals surface area (Å²) in [5.41, 5.74) is 9.33. The maximum atomic E-state index is 11.0. The van der Waals surface area contributed by atoms with Gasteiger partial charge < -0.3 is 19.9 Å². The number of rotatable bonds is 13.